The fourth-order valence-corrected chi connectivity index (χ4v) is 3.28. The second kappa shape index (κ2) is 6.47. The smallest absolute Gasteiger partial charge is 0.337 e. The van der Waals surface area contributed by atoms with Crippen LogP contribution in [0.3, 0.4) is 0 Å². The lowest BCUT2D eigenvalue weighted by Crippen LogP contribution is -2.31. The van der Waals surface area contributed by atoms with Gasteiger partial charge in [-0.05, 0) is 19.4 Å². The fraction of sp³-hybridized carbons (Fsp3) is 0.353. The zero-order chi connectivity index (χ0) is 19.2. The molecule has 0 bridgehead atoms. The van der Waals surface area contributed by atoms with Crippen molar-refractivity contribution in [1.29, 1.82) is 0 Å². The lowest BCUT2D eigenvalue weighted by molar-refractivity contribution is -0.136. The van der Waals surface area contributed by atoms with E-state index in [2.05, 4.69) is 10.3 Å². The second-order valence-corrected chi connectivity index (χ2v) is 5.90. The van der Waals surface area contributed by atoms with Crippen molar-refractivity contribution >= 4 is 11.9 Å². The van der Waals surface area contributed by atoms with Gasteiger partial charge in [0.25, 0.3) is 0 Å². The van der Waals surface area contributed by atoms with E-state index < -0.39 is 41.4 Å². The number of allylic oxidation sites excluding steroid dienone is 1. The summed E-state index contributed by atoms with van der Waals surface area (Å²) in [5, 5.41) is 2.88. The van der Waals surface area contributed by atoms with Gasteiger partial charge in [0, 0.05) is 17.5 Å². The number of hydrogen-bond acceptors (Lipinski definition) is 6. The molecule has 3 heterocycles. The van der Waals surface area contributed by atoms with Gasteiger partial charge in [-0.25, -0.2) is 23.4 Å². The summed E-state index contributed by atoms with van der Waals surface area (Å²) in [5.74, 6) is -5.66. The van der Waals surface area contributed by atoms with Crippen molar-refractivity contribution in [2.75, 3.05) is 13.7 Å². The maximum Gasteiger partial charge on any atom is 0.337 e. The molecule has 2 aliphatic rings. The Morgan fingerprint density at radius 1 is 1.46 bits per heavy atom. The molecule has 138 valence electrons. The number of carbonyl (C=O) groups excluding carboxylic acids is 2. The van der Waals surface area contributed by atoms with E-state index in [0.29, 0.717) is 11.4 Å². The van der Waals surface area contributed by atoms with Crippen molar-refractivity contribution in [3.63, 3.8) is 0 Å². The maximum atomic E-state index is 14.3. The van der Waals surface area contributed by atoms with Crippen LogP contribution in [0.4, 0.5) is 13.2 Å². The van der Waals surface area contributed by atoms with E-state index in [9.17, 15) is 22.8 Å². The van der Waals surface area contributed by atoms with E-state index in [1.54, 1.807) is 6.92 Å². The molecule has 0 aliphatic carbocycles. The van der Waals surface area contributed by atoms with Crippen LogP contribution in [0.15, 0.2) is 28.7 Å². The number of carbonyl (C=O) groups is 2. The monoisotopic (exact) mass is 368 g/mol. The number of alkyl halides is 1. The van der Waals surface area contributed by atoms with E-state index in [1.807, 2.05) is 0 Å². The average molecular weight is 368 g/mol. The van der Waals surface area contributed by atoms with Crippen LogP contribution < -0.4 is 5.32 Å². The third-order valence-corrected chi connectivity index (χ3v) is 4.37. The van der Waals surface area contributed by atoms with Crippen LogP contribution in [0.2, 0.25) is 0 Å². The number of aromatic nitrogens is 1. The first-order valence-electron chi connectivity index (χ1n) is 7.72. The number of rotatable bonds is 3. The molecule has 2 atom stereocenters. The van der Waals surface area contributed by atoms with E-state index in [1.165, 1.54) is 0 Å². The molecule has 0 amide bonds. The minimum absolute atomic E-state index is 0.0192. The highest BCUT2D eigenvalue weighted by Crippen LogP contribution is 2.44. The quantitative estimate of drug-likeness (QED) is 0.652. The van der Waals surface area contributed by atoms with Crippen molar-refractivity contribution < 1.29 is 32.2 Å². The van der Waals surface area contributed by atoms with Crippen LogP contribution in [-0.2, 0) is 19.1 Å². The molecular formula is C17H15F3N2O4. The average Bonchev–Trinajstić information content (AvgIpc) is 2.95. The van der Waals surface area contributed by atoms with Crippen molar-refractivity contribution in [1.82, 2.24) is 10.3 Å². The molecule has 1 N–H and O–H groups in total. The highest BCUT2D eigenvalue weighted by molar-refractivity contribution is 6.01. The molecule has 0 fully saturated rings. The fourth-order valence-electron chi connectivity index (χ4n) is 3.28. The van der Waals surface area contributed by atoms with Crippen LogP contribution >= 0.6 is 0 Å². The van der Waals surface area contributed by atoms with Gasteiger partial charge >= 0.3 is 11.9 Å². The first-order valence-corrected chi connectivity index (χ1v) is 7.72. The summed E-state index contributed by atoms with van der Waals surface area (Å²) < 4.78 is 51.7. The molecule has 2 aliphatic heterocycles. The summed E-state index contributed by atoms with van der Waals surface area (Å²) in [5.41, 5.74) is -0.0457. The van der Waals surface area contributed by atoms with Gasteiger partial charge in [0.2, 0.25) is 5.95 Å². The highest BCUT2D eigenvalue weighted by atomic mass is 19.2. The molecule has 0 radical (unpaired) electrons. The zero-order valence-electron chi connectivity index (χ0n) is 14.2. The van der Waals surface area contributed by atoms with Gasteiger partial charge in [-0.1, -0.05) is 0 Å². The third-order valence-electron chi connectivity index (χ3n) is 4.37. The molecule has 9 heteroatoms. The van der Waals surface area contributed by atoms with Crippen molar-refractivity contribution in [3.05, 3.63) is 51.6 Å². The van der Waals surface area contributed by atoms with Crippen LogP contribution in [-0.4, -0.2) is 30.6 Å². The number of esters is 2. The van der Waals surface area contributed by atoms with Gasteiger partial charge in [0.05, 0.1) is 29.9 Å². The summed E-state index contributed by atoms with van der Waals surface area (Å²) in [6.07, 6.45) is -0.982. The summed E-state index contributed by atoms with van der Waals surface area (Å²) >= 11 is 0. The Morgan fingerprint density at radius 2 is 2.15 bits per heavy atom. The molecule has 0 aromatic carbocycles. The summed E-state index contributed by atoms with van der Waals surface area (Å²) in [6.45, 7) is 2.50. The lowest BCUT2D eigenvalue weighted by atomic mass is 9.79. The topological polar surface area (TPSA) is 77.5 Å². The first-order chi connectivity index (χ1) is 12.3. The zero-order valence-corrected chi connectivity index (χ0v) is 14.2. The SMILES string of the molecule is COC(=O)C1=C(C)NC2=C(C(=O)OC2)[C@@H]1c1cnc(F)c(F)c1[C@@H](C)F. The largest absolute Gasteiger partial charge is 0.466 e. The van der Waals surface area contributed by atoms with Crippen LogP contribution in [0, 0.1) is 11.8 Å². The number of nitrogens with zero attached hydrogens (tertiary/aromatic N) is 1. The predicted octanol–water partition coefficient (Wildman–Crippen LogP) is 2.33. The van der Waals surface area contributed by atoms with E-state index >= 15 is 0 Å². The van der Waals surface area contributed by atoms with Gasteiger partial charge < -0.3 is 14.8 Å². The number of methoxy groups -OCH3 is 1. The molecule has 0 saturated carbocycles. The molecule has 26 heavy (non-hydrogen) atoms. The Hall–Kier alpha value is -2.84. The maximum absolute atomic E-state index is 14.3. The van der Waals surface area contributed by atoms with E-state index in [0.717, 1.165) is 20.2 Å². The number of pyridine rings is 1. The summed E-state index contributed by atoms with van der Waals surface area (Å²) in [6, 6.07) is 0. The Labute approximate surface area is 146 Å². The molecule has 0 saturated heterocycles. The molecule has 1 aromatic rings. The Kier molecular flexibility index (Phi) is 4.47. The number of cyclic esters (lactones) is 1. The second-order valence-electron chi connectivity index (χ2n) is 5.90. The molecule has 3 rings (SSSR count). The minimum Gasteiger partial charge on any atom is -0.466 e. The van der Waals surface area contributed by atoms with Gasteiger partial charge in [-0.3, -0.25) is 0 Å². The van der Waals surface area contributed by atoms with Gasteiger partial charge in [0.15, 0.2) is 5.82 Å². The lowest BCUT2D eigenvalue weighted by Gasteiger charge is -2.28. The Morgan fingerprint density at radius 3 is 2.77 bits per heavy atom. The van der Waals surface area contributed by atoms with Crippen LogP contribution in [0.1, 0.15) is 37.1 Å². The first kappa shape index (κ1) is 18.0. The Balaban J connectivity index is 2.31. The summed E-state index contributed by atoms with van der Waals surface area (Å²) in [7, 11) is 1.14. The molecule has 0 unspecified atom stereocenters. The van der Waals surface area contributed by atoms with Crippen LogP contribution in [0.5, 0.6) is 0 Å². The van der Waals surface area contributed by atoms with Gasteiger partial charge in [0.1, 0.15) is 12.8 Å². The molecule has 6 nitrogen and oxygen atoms in total. The number of hydrogen-bond donors (Lipinski definition) is 1. The minimum atomic E-state index is -1.90. The predicted molar refractivity (Wildman–Crippen MR) is 82.3 cm³/mol. The van der Waals surface area contributed by atoms with E-state index in [-0.39, 0.29) is 23.3 Å². The number of nitrogens with one attached hydrogen (secondary N) is 1. The number of ether oxygens (including phenoxy) is 2. The molecule has 1 aromatic heterocycles. The Bertz CT molecular complexity index is 877. The highest BCUT2D eigenvalue weighted by Gasteiger charge is 2.43. The normalized spacial score (nSPS) is 20.5. The third kappa shape index (κ3) is 2.63. The number of halogens is 3. The van der Waals surface area contributed by atoms with Crippen molar-refractivity contribution in [3.8, 4) is 0 Å². The van der Waals surface area contributed by atoms with Crippen LogP contribution in [0.25, 0.3) is 0 Å². The van der Waals surface area contributed by atoms with Crippen molar-refractivity contribution in [2.24, 2.45) is 0 Å². The van der Waals surface area contributed by atoms with Gasteiger partial charge in [-0.2, -0.15) is 4.39 Å². The molecular weight excluding hydrogens is 353 g/mol. The standard InChI is InChI=1S/C17H15F3N2O4/c1-6(18)10-8(4-21-15(20)14(10)19)12-11(16(23)25-3)7(2)22-9-5-26-17(24)13(9)12/h4,6,12,22H,5H2,1-3H3/t6-,12-/m1/s1. The van der Waals surface area contributed by atoms with Gasteiger partial charge in [-0.15, -0.1) is 0 Å². The van der Waals surface area contributed by atoms with E-state index in [4.69, 9.17) is 9.47 Å². The van der Waals surface area contributed by atoms with Crippen molar-refractivity contribution in [2.45, 2.75) is 25.9 Å². The molecule has 0 spiro atoms. The summed E-state index contributed by atoms with van der Waals surface area (Å²) in [4.78, 5) is 27.8. The number of dihydropyridines is 1.